The first-order valence-corrected chi connectivity index (χ1v) is 7.50. The van der Waals surface area contributed by atoms with E-state index in [1.54, 1.807) is 19.2 Å². The molecule has 2 rings (SSSR count). The Morgan fingerprint density at radius 3 is 2.77 bits per heavy atom. The van der Waals surface area contributed by atoms with Crippen molar-refractivity contribution in [3.05, 3.63) is 30.3 Å². The summed E-state index contributed by atoms with van der Waals surface area (Å²) >= 11 is 0. The van der Waals surface area contributed by atoms with Crippen LogP contribution in [0.2, 0.25) is 0 Å². The number of hydrogen-bond donors (Lipinski definition) is 2. The standard InChI is InChI=1S/C15H23N5O2/c1-5-13(15(21)18-14-9-10(2)22-19-14)17-11(3)12(4)20-8-6-7-16-20/h6-9,11-13,17H,5H2,1-4H3,(H,18,19,21)/t11-,12+,13-/m0/s1. The van der Waals surface area contributed by atoms with Gasteiger partial charge in [0.15, 0.2) is 5.82 Å². The van der Waals surface area contributed by atoms with Gasteiger partial charge in [0.25, 0.3) is 0 Å². The fourth-order valence-electron chi connectivity index (χ4n) is 2.22. The van der Waals surface area contributed by atoms with Crippen molar-refractivity contribution in [2.45, 2.75) is 52.2 Å². The number of aryl methyl sites for hydroxylation is 1. The Hall–Kier alpha value is -2.15. The Labute approximate surface area is 130 Å². The van der Waals surface area contributed by atoms with Crippen LogP contribution in [0.25, 0.3) is 0 Å². The molecular formula is C15H23N5O2. The van der Waals surface area contributed by atoms with Crippen LogP contribution in [0, 0.1) is 6.92 Å². The minimum absolute atomic E-state index is 0.0923. The summed E-state index contributed by atoms with van der Waals surface area (Å²) < 4.78 is 6.83. The van der Waals surface area contributed by atoms with E-state index in [4.69, 9.17) is 4.52 Å². The lowest BCUT2D eigenvalue weighted by molar-refractivity contribution is -0.118. The lowest BCUT2D eigenvalue weighted by Crippen LogP contribution is -2.47. The van der Waals surface area contributed by atoms with Gasteiger partial charge in [-0.15, -0.1) is 0 Å². The van der Waals surface area contributed by atoms with Gasteiger partial charge in [0, 0.05) is 24.5 Å². The van der Waals surface area contributed by atoms with Crippen molar-refractivity contribution in [3.8, 4) is 0 Å². The summed E-state index contributed by atoms with van der Waals surface area (Å²) in [5.41, 5.74) is 0. The van der Waals surface area contributed by atoms with Crippen molar-refractivity contribution in [3.63, 3.8) is 0 Å². The molecule has 0 fully saturated rings. The van der Waals surface area contributed by atoms with Gasteiger partial charge in [-0.25, -0.2) is 0 Å². The number of anilines is 1. The van der Waals surface area contributed by atoms with Gasteiger partial charge >= 0.3 is 0 Å². The minimum Gasteiger partial charge on any atom is -0.360 e. The predicted octanol–water partition coefficient (Wildman–Crippen LogP) is 2.14. The second kappa shape index (κ2) is 7.22. The first-order valence-electron chi connectivity index (χ1n) is 7.50. The van der Waals surface area contributed by atoms with E-state index in [1.807, 2.05) is 30.8 Å². The maximum absolute atomic E-state index is 12.3. The van der Waals surface area contributed by atoms with Crippen molar-refractivity contribution < 1.29 is 9.32 Å². The van der Waals surface area contributed by atoms with Crippen LogP contribution in [0.3, 0.4) is 0 Å². The molecule has 0 aliphatic heterocycles. The molecule has 0 aliphatic carbocycles. The van der Waals surface area contributed by atoms with Crippen LogP contribution < -0.4 is 10.6 Å². The minimum atomic E-state index is -0.301. The van der Waals surface area contributed by atoms with E-state index in [0.29, 0.717) is 18.0 Å². The normalized spacial score (nSPS) is 15.3. The van der Waals surface area contributed by atoms with Gasteiger partial charge in [0.2, 0.25) is 5.91 Å². The Bertz CT molecular complexity index is 593. The van der Waals surface area contributed by atoms with E-state index >= 15 is 0 Å². The molecule has 120 valence electrons. The lowest BCUT2D eigenvalue weighted by atomic mass is 10.1. The highest BCUT2D eigenvalue weighted by Gasteiger charge is 2.23. The molecule has 7 nitrogen and oxygen atoms in total. The lowest BCUT2D eigenvalue weighted by Gasteiger charge is -2.26. The Morgan fingerprint density at radius 1 is 1.45 bits per heavy atom. The van der Waals surface area contributed by atoms with Crippen molar-refractivity contribution >= 4 is 11.7 Å². The number of carbonyl (C=O) groups is 1. The average Bonchev–Trinajstić information content (AvgIpc) is 3.15. The van der Waals surface area contributed by atoms with Crippen molar-refractivity contribution in [2.75, 3.05) is 5.32 Å². The number of nitrogens with zero attached hydrogens (tertiary/aromatic N) is 3. The molecule has 0 radical (unpaired) electrons. The zero-order chi connectivity index (χ0) is 16.1. The highest BCUT2D eigenvalue weighted by Crippen LogP contribution is 2.12. The molecule has 7 heteroatoms. The summed E-state index contributed by atoms with van der Waals surface area (Å²) in [6.45, 7) is 7.86. The Morgan fingerprint density at radius 2 is 2.23 bits per heavy atom. The van der Waals surface area contributed by atoms with Crippen molar-refractivity contribution in [1.82, 2.24) is 20.3 Å². The third-order valence-electron chi connectivity index (χ3n) is 3.73. The fraction of sp³-hybridized carbons (Fsp3) is 0.533. The Balaban J connectivity index is 1.94. The maximum atomic E-state index is 12.3. The highest BCUT2D eigenvalue weighted by molar-refractivity contribution is 5.93. The van der Waals surface area contributed by atoms with Gasteiger partial charge in [-0.2, -0.15) is 5.10 Å². The molecule has 0 aliphatic rings. The third-order valence-corrected chi connectivity index (χ3v) is 3.73. The SMILES string of the molecule is CC[C@H](N[C@@H](C)[C@@H](C)n1cccn1)C(=O)Nc1cc(C)on1. The molecule has 0 bridgehead atoms. The molecule has 2 N–H and O–H groups in total. The molecule has 2 aromatic heterocycles. The average molecular weight is 305 g/mol. The van der Waals surface area contributed by atoms with Crippen LogP contribution >= 0.6 is 0 Å². The molecule has 3 atom stereocenters. The third kappa shape index (κ3) is 3.94. The van der Waals surface area contributed by atoms with Crippen molar-refractivity contribution in [1.29, 1.82) is 0 Å². The summed E-state index contributed by atoms with van der Waals surface area (Å²) in [5.74, 6) is 0.989. The van der Waals surface area contributed by atoms with E-state index in [9.17, 15) is 4.79 Å². The predicted molar refractivity (Wildman–Crippen MR) is 83.5 cm³/mol. The molecule has 22 heavy (non-hydrogen) atoms. The number of carbonyl (C=O) groups excluding carboxylic acids is 1. The molecule has 0 aromatic carbocycles. The molecular weight excluding hydrogens is 282 g/mol. The van der Waals surface area contributed by atoms with Gasteiger partial charge in [-0.05, 0) is 33.3 Å². The summed E-state index contributed by atoms with van der Waals surface area (Å²) in [4.78, 5) is 12.3. The van der Waals surface area contributed by atoms with Gasteiger partial charge in [-0.3, -0.25) is 9.48 Å². The first-order chi connectivity index (χ1) is 10.5. The van der Waals surface area contributed by atoms with Crippen LogP contribution in [0.15, 0.2) is 29.0 Å². The molecule has 2 heterocycles. The summed E-state index contributed by atoms with van der Waals surface area (Å²) in [7, 11) is 0. The van der Waals surface area contributed by atoms with E-state index in [0.717, 1.165) is 0 Å². The largest absolute Gasteiger partial charge is 0.360 e. The van der Waals surface area contributed by atoms with Gasteiger partial charge in [0.1, 0.15) is 5.76 Å². The zero-order valence-electron chi connectivity index (χ0n) is 13.4. The smallest absolute Gasteiger partial charge is 0.242 e. The first kappa shape index (κ1) is 16.2. The van der Waals surface area contributed by atoms with Gasteiger partial charge in [-0.1, -0.05) is 12.1 Å². The second-order valence-electron chi connectivity index (χ2n) is 5.45. The quantitative estimate of drug-likeness (QED) is 0.818. The maximum Gasteiger partial charge on any atom is 0.242 e. The summed E-state index contributed by atoms with van der Waals surface area (Å²) in [6.07, 6.45) is 4.35. The van der Waals surface area contributed by atoms with E-state index in [1.165, 1.54) is 0 Å². The molecule has 1 amide bonds. The van der Waals surface area contributed by atoms with Crippen LogP contribution in [-0.4, -0.2) is 32.9 Å². The van der Waals surface area contributed by atoms with Crippen molar-refractivity contribution in [2.24, 2.45) is 0 Å². The highest BCUT2D eigenvalue weighted by atomic mass is 16.5. The van der Waals surface area contributed by atoms with Crippen LogP contribution in [0.1, 0.15) is 39.0 Å². The fourth-order valence-corrected chi connectivity index (χ4v) is 2.22. The summed E-state index contributed by atoms with van der Waals surface area (Å²) in [6, 6.07) is 3.52. The molecule has 0 saturated heterocycles. The van der Waals surface area contributed by atoms with E-state index < -0.39 is 0 Å². The second-order valence-corrected chi connectivity index (χ2v) is 5.45. The number of hydrogen-bond acceptors (Lipinski definition) is 5. The topological polar surface area (TPSA) is 85.0 Å². The van der Waals surface area contributed by atoms with Gasteiger partial charge < -0.3 is 15.2 Å². The zero-order valence-corrected chi connectivity index (χ0v) is 13.4. The van der Waals surface area contributed by atoms with E-state index in [2.05, 4.69) is 27.8 Å². The van der Waals surface area contributed by atoms with Gasteiger partial charge in [0.05, 0.1) is 12.1 Å². The number of aromatic nitrogens is 3. The number of nitrogens with one attached hydrogen (secondary N) is 2. The van der Waals surface area contributed by atoms with Crippen LogP contribution in [0.4, 0.5) is 5.82 Å². The Kier molecular flexibility index (Phi) is 5.32. The molecule has 0 saturated carbocycles. The number of amides is 1. The molecule has 0 unspecified atom stereocenters. The monoisotopic (exact) mass is 305 g/mol. The molecule has 2 aromatic rings. The summed E-state index contributed by atoms with van der Waals surface area (Å²) in [5, 5.41) is 14.1. The van der Waals surface area contributed by atoms with E-state index in [-0.39, 0.29) is 24.0 Å². The van der Waals surface area contributed by atoms with Crippen LogP contribution in [0.5, 0.6) is 0 Å². The molecule has 0 spiro atoms. The number of rotatable bonds is 7. The van der Waals surface area contributed by atoms with Crippen LogP contribution in [-0.2, 0) is 4.79 Å².